The number of aliphatic hydroxyl groups is 1. The van der Waals surface area contributed by atoms with Gasteiger partial charge in [0.1, 0.15) is 6.04 Å². The summed E-state index contributed by atoms with van der Waals surface area (Å²) in [5, 5.41) is 12.1. The van der Waals surface area contributed by atoms with Crippen molar-refractivity contribution in [3.05, 3.63) is 33.8 Å². The van der Waals surface area contributed by atoms with Crippen molar-refractivity contribution in [2.24, 2.45) is 5.73 Å². The Balaban J connectivity index is 2.55. The third-order valence-electron chi connectivity index (χ3n) is 1.98. The quantitative estimate of drug-likeness (QED) is 0.756. The highest BCUT2D eigenvalue weighted by molar-refractivity contribution is 6.42. The lowest BCUT2D eigenvalue weighted by atomic mass is 10.2. The molecule has 0 aliphatic carbocycles. The van der Waals surface area contributed by atoms with Crippen LogP contribution in [0.1, 0.15) is 5.56 Å². The summed E-state index contributed by atoms with van der Waals surface area (Å²) in [6.07, 6.45) is 0. The van der Waals surface area contributed by atoms with Crippen molar-refractivity contribution in [1.29, 1.82) is 0 Å². The molecular weight excluding hydrogens is 251 g/mol. The van der Waals surface area contributed by atoms with E-state index in [4.69, 9.17) is 34.0 Å². The molecule has 16 heavy (non-hydrogen) atoms. The van der Waals surface area contributed by atoms with Crippen LogP contribution in [0.5, 0.6) is 0 Å². The minimum absolute atomic E-state index is 0.295. The first-order chi connectivity index (χ1) is 7.54. The fourth-order valence-electron chi connectivity index (χ4n) is 1.05. The predicted molar refractivity (Wildman–Crippen MR) is 63.4 cm³/mol. The molecule has 0 fully saturated rings. The van der Waals surface area contributed by atoms with Crippen molar-refractivity contribution in [3.8, 4) is 0 Å². The highest BCUT2D eigenvalue weighted by Crippen LogP contribution is 2.22. The number of aliphatic hydroxyl groups excluding tert-OH is 1. The van der Waals surface area contributed by atoms with Crippen molar-refractivity contribution in [1.82, 2.24) is 5.32 Å². The fourth-order valence-corrected chi connectivity index (χ4v) is 1.37. The molecule has 4 nitrogen and oxygen atoms in total. The average Bonchev–Trinajstić information content (AvgIpc) is 2.29. The molecule has 0 bridgehead atoms. The second kappa shape index (κ2) is 6.06. The molecule has 4 N–H and O–H groups in total. The lowest BCUT2D eigenvalue weighted by Gasteiger charge is -2.09. The Morgan fingerprint density at radius 3 is 2.69 bits per heavy atom. The summed E-state index contributed by atoms with van der Waals surface area (Å²) in [4.78, 5) is 11.2. The van der Waals surface area contributed by atoms with Crippen LogP contribution in [0.3, 0.4) is 0 Å². The molecule has 0 radical (unpaired) electrons. The van der Waals surface area contributed by atoms with Crippen LogP contribution >= 0.6 is 23.2 Å². The zero-order chi connectivity index (χ0) is 12.1. The smallest absolute Gasteiger partial charge is 0.239 e. The number of carbonyl (C=O) groups excluding carboxylic acids is 1. The van der Waals surface area contributed by atoms with E-state index in [0.29, 0.717) is 16.6 Å². The average molecular weight is 263 g/mol. The fraction of sp³-hybridized carbons (Fsp3) is 0.300. The number of nitrogens with one attached hydrogen (secondary N) is 1. The highest BCUT2D eigenvalue weighted by Gasteiger charge is 2.11. The lowest BCUT2D eigenvalue weighted by Crippen LogP contribution is -2.42. The van der Waals surface area contributed by atoms with Gasteiger partial charge in [0.2, 0.25) is 5.91 Å². The number of halogens is 2. The number of hydrogen-bond acceptors (Lipinski definition) is 3. The summed E-state index contributed by atoms with van der Waals surface area (Å²) in [5.74, 6) is -0.409. The third kappa shape index (κ3) is 3.64. The minimum Gasteiger partial charge on any atom is -0.394 e. The van der Waals surface area contributed by atoms with Crippen molar-refractivity contribution in [3.63, 3.8) is 0 Å². The summed E-state index contributed by atoms with van der Waals surface area (Å²) in [6.45, 7) is -0.0867. The van der Waals surface area contributed by atoms with Gasteiger partial charge in [0, 0.05) is 6.54 Å². The van der Waals surface area contributed by atoms with Crippen LogP contribution in [0.15, 0.2) is 18.2 Å². The van der Waals surface area contributed by atoms with Crippen molar-refractivity contribution >= 4 is 29.1 Å². The van der Waals surface area contributed by atoms with Crippen LogP contribution in [-0.4, -0.2) is 23.7 Å². The molecular formula is C10H12Cl2N2O2. The van der Waals surface area contributed by atoms with Gasteiger partial charge >= 0.3 is 0 Å². The monoisotopic (exact) mass is 262 g/mol. The number of amides is 1. The van der Waals surface area contributed by atoms with Crippen LogP contribution < -0.4 is 11.1 Å². The molecule has 0 heterocycles. The summed E-state index contributed by atoms with van der Waals surface area (Å²) >= 11 is 11.6. The van der Waals surface area contributed by atoms with Gasteiger partial charge in [-0.05, 0) is 17.7 Å². The molecule has 1 atom stereocenters. The predicted octanol–water partition coefficient (Wildman–Crippen LogP) is 0.929. The molecule has 1 amide bonds. The molecule has 1 aromatic carbocycles. The molecule has 6 heteroatoms. The van der Waals surface area contributed by atoms with E-state index >= 15 is 0 Å². The van der Waals surface area contributed by atoms with Gasteiger partial charge in [-0.2, -0.15) is 0 Å². The number of nitrogens with two attached hydrogens (primary N) is 1. The Bertz CT molecular complexity index is 385. The molecule has 0 spiro atoms. The maximum atomic E-state index is 11.2. The van der Waals surface area contributed by atoms with Gasteiger partial charge in [0.05, 0.1) is 16.7 Å². The molecule has 88 valence electrons. The van der Waals surface area contributed by atoms with Gasteiger partial charge in [0.15, 0.2) is 0 Å². The first-order valence-corrected chi connectivity index (χ1v) is 5.38. The second-order valence-corrected chi connectivity index (χ2v) is 4.07. The lowest BCUT2D eigenvalue weighted by molar-refractivity contribution is -0.123. The Morgan fingerprint density at radius 2 is 2.12 bits per heavy atom. The van der Waals surface area contributed by atoms with E-state index in [0.717, 1.165) is 5.56 Å². The Labute approximate surface area is 103 Å². The van der Waals surface area contributed by atoms with E-state index in [9.17, 15) is 4.79 Å². The highest BCUT2D eigenvalue weighted by atomic mass is 35.5. The second-order valence-electron chi connectivity index (χ2n) is 3.26. The molecule has 1 unspecified atom stereocenters. The van der Waals surface area contributed by atoms with Crippen LogP contribution in [0, 0.1) is 0 Å². The number of carbonyl (C=O) groups is 1. The topological polar surface area (TPSA) is 75.3 Å². The number of benzene rings is 1. The minimum atomic E-state index is -0.900. The van der Waals surface area contributed by atoms with Gasteiger partial charge < -0.3 is 16.2 Å². The van der Waals surface area contributed by atoms with E-state index in [1.54, 1.807) is 18.2 Å². The van der Waals surface area contributed by atoms with Crippen molar-refractivity contribution < 1.29 is 9.90 Å². The van der Waals surface area contributed by atoms with E-state index in [-0.39, 0.29) is 6.61 Å². The zero-order valence-electron chi connectivity index (χ0n) is 8.41. The van der Waals surface area contributed by atoms with Crippen molar-refractivity contribution in [2.75, 3.05) is 6.61 Å². The van der Waals surface area contributed by atoms with Crippen molar-refractivity contribution in [2.45, 2.75) is 12.6 Å². The summed E-state index contributed by atoms with van der Waals surface area (Å²) in [7, 11) is 0. The maximum absolute atomic E-state index is 11.2. The molecule has 0 saturated carbocycles. The maximum Gasteiger partial charge on any atom is 0.239 e. The van der Waals surface area contributed by atoms with E-state index in [2.05, 4.69) is 5.32 Å². The van der Waals surface area contributed by atoms with Gasteiger partial charge in [-0.3, -0.25) is 4.79 Å². The van der Waals surface area contributed by atoms with Gasteiger partial charge in [-0.1, -0.05) is 29.3 Å². The van der Waals surface area contributed by atoms with Gasteiger partial charge in [-0.15, -0.1) is 0 Å². The summed E-state index contributed by atoms with van der Waals surface area (Å²) in [6, 6.07) is 4.16. The third-order valence-corrected chi connectivity index (χ3v) is 2.72. The first-order valence-electron chi connectivity index (χ1n) is 4.62. The molecule has 0 aliphatic heterocycles. The Kier molecular flexibility index (Phi) is 5.02. The molecule has 1 aromatic rings. The molecule has 1 rings (SSSR count). The Hall–Kier alpha value is -0.810. The van der Waals surface area contributed by atoms with Crippen LogP contribution in [0.25, 0.3) is 0 Å². The van der Waals surface area contributed by atoms with Crippen LogP contribution in [0.2, 0.25) is 10.0 Å². The van der Waals surface area contributed by atoms with Gasteiger partial charge in [-0.25, -0.2) is 0 Å². The van der Waals surface area contributed by atoms with Gasteiger partial charge in [0.25, 0.3) is 0 Å². The number of rotatable bonds is 4. The SMILES string of the molecule is NC(CO)C(=O)NCc1ccc(Cl)c(Cl)c1. The molecule has 0 aromatic heterocycles. The van der Waals surface area contributed by atoms with E-state index in [1.165, 1.54) is 0 Å². The summed E-state index contributed by atoms with van der Waals surface area (Å²) in [5.41, 5.74) is 6.14. The molecule has 0 aliphatic rings. The Morgan fingerprint density at radius 1 is 1.44 bits per heavy atom. The summed E-state index contributed by atoms with van der Waals surface area (Å²) < 4.78 is 0. The molecule has 0 saturated heterocycles. The normalized spacial score (nSPS) is 12.2. The van der Waals surface area contributed by atoms with Crippen LogP contribution in [0.4, 0.5) is 0 Å². The van der Waals surface area contributed by atoms with Crippen LogP contribution in [-0.2, 0) is 11.3 Å². The zero-order valence-corrected chi connectivity index (χ0v) is 9.92. The number of hydrogen-bond donors (Lipinski definition) is 3. The first kappa shape index (κ1) is 13.3. The standard InChI is InChI=1S/C10H12Cl2N2O2/c11-7-2-1-6(3-8(7)12)4-14-10(16)9(13)5-15/h1-3,9,15H,4-5,13H2,(H,14,16). The van der Waals surface area contributed by atoms with E-state index in [1.807, 2.05) is 0 Å². The largest absolute Gasteiger partial charge is 0.394 e. The van der Waals surface area contributed by atoms with E-state index < -0.39 is 11.9 Å².